The molecule has 1 fully saturated rings. The first kappa shape index (κ1) is 16.0. The molecule has 108 valence electrons. The summed E-state index contributed by atoms with van der Waals surface area (Å²) in [6, 6.07) is 0. The Morgan fingerprint density at radius 2 is 1.78 bits per heavy atom. The van der Waals surface area contributed by atoms with Gasteiger partial charge in [0, 0.05) is 5.54 Å². The first-order valence-corrected chi connectivity index (χ1v) is 8.09. The molecule has 0 aromatic rings. The Balaban J connectivity index is 3.12. The smallest absolute Gasteiger partial charge is 0.0209 e. The molecule has 1 nitrogen and oxygen atoms in total. The fraction of sp³-hybridized carbons (Fsp3) is 1.00. The molecule has 0 amide bonds. The van der Waals surface area contributed by atoms with Gasteiger partial charge in [0.2, 0.25) is 0 Å². The minimum Gasteiger partial charge on any atom is -0.311 e. The first-order valence-electron chi connectivity index (χ1n) is 8.09. The van der Waals surface area contributed by atoms with E-state index in [1.807, 2.05) is 0 Å². The van der Waals surface area contributed by atoms with Crippen LogP contribution in [-0.4, -0.2) is 12.1 Å². The van der Waals surface area contributed by atoms with E-state index in [0.29, 0.717) is 11.5 Å². The molecule has 18 heavy (non-hydrogen) atoms. The summed E-state index contributed by atoms with van der Waals surface area (Å²) in [6.07, 6.45) is 4.05. The van der Waals surface area contributed by atoms with E-state index in [1.54, 1.807) is 0 Å². The molecule has 1 rings (SSSR count). The molecule has 1 N–H and O–H groups in total. The summed E-state index contributed by atoms with van der Waals surface area (Å²) in [6.45, 7) is 18.1. The summed E-state index contributed by atoms with van der Waals surface area (Å²) in [4.78, 5) is 0. The topological polar surface area (TPSA) is 12.0 Å². The average molecular weight is 253 g/mol. The normalized spacial score (nSPS) is 35.8. The van der Waals surface area contributed by atoms with Crippen LogP contribution in [0.5, 0.6) is 0 Å². The molecule has 0 aromatic heterocycles. The number of hydrogen-bond donors (Lipinski definition) is 1. The zero-order valence-electron chi connectivity index (χ0n) is 13.7. The Hall–Kier alpha value is -0.0400. The van der Waals surface area contributed by atoms with E-state index in [9.17, 15) is 0 Å². The predicted molar refractivity (Wildman–Crippen MR) is 81.8 cm³/mol. The molecular formula is C17H35N. The minimum absolute atomic E-state index is 0.306. The third kappa shape index (κ3) is 3.10. The Bertz CT molecular complexity index is 246. The molecule has 0 spiro atoms. The van der Waals surface area contributed by atoms with E-state index in [4.69, 9.17) is 0 Å². The van der Waals surface area contributed by atoms with Gasteiger partial charge in [-0.05, 0) is 55.9 Å². The van der Waals surface area contributed by atoms with Crippen LogP contribution in [0.15, 0.2) is 0 Å². The van der Waals surface area contributed by atoms with Crippen molar-refractivity contribution in [2.75, 3.05) is 6.54 Å². The van der Waals surface area contributed by atoms with Gasteiger partial charge in [0.15, 0.2) is 0 Å². The predicted octanol–water partition coefficient (Wildman–Crippen LogP) is 4.72. The molecule has 1 saturated heterocycles. The Morgan fingerprint density at radius 1 is 1.17 bits per heavy atom. The van der Waals surface area contributed by atoms with Crippen molar-refractivity contribution in [3.8, 4) is 0 Å². The molecular weight excluding hydrogens is 218 g/mol. The maximum atomic E-state index is 3.91. The Morgan fingerprint density at radius 3 is 2.22 bits per heavy atom. The molecule has 1 heterocycles. The zero-order chi connectivity index (χ0) is 13.9. The van der Waals surface area contributed by atoms with Crippen LogP contribution in [0.2, 0.25) is 0 Å². The third-order valence-corrected chi connectivity index (χ3v) is 5.69. The van der Waals surface area contributed by atoms with Gasteiger partial charge in [-0.1, -0.05) is 48.0 Å². The van der Waals surface area contributed by atoms with Gasteiger partial charge in [-0.15, -0.1) is 0 Å². The van der Waals surface area contributed by atoms with Crippen molar-refractivity contribution in [3.05, 3.63) is 0 Å². The molecule has 4 unspecified atom stereocenters. The third-order valence-electron chi connectivity index (χ3n) is 5.69. The fourth-order valence-electron chi connectivity index (χ4n) is 4.04. The van der Waals surface area contributed by atoms with E-state index in [-0.39, 0.29) is 0 Å². The van der Waals surface area contributed by atoms with E-state index < -0.39 is 0 Å². The summed E-state index contributed by atoms with van der Waals surface area (Å²) in [5.74, 6) is 4.01. The molecule has 1 aliphatic rings. The maximum absolute atomic E-state index is 3.91. The summed E-state index contributed by atoms with van der Waals surface area (Å²) in [5, 5.41) is 3.91. The highest BCUT2D eigenvalue weighted by atomic mass is 15.0. The highest BCUT2D eigenvalue weighted by Gasteiger charge is 2.45. The quantitative estimate of drug-likeness (QED) is 0.764. The van der Waals surface area contributed by atoms with E-state index in [0.717, 1.165) is 23.7 Å². The second kappa shape index (κ2) is 6.41. The van der Waals surface area contributed by atoms with Crippen molar-refractivity contribution in [1.82, 2.24) is 5.32 Å². The second-order valence-corrected chi connectivity index (χ2v) is 7.33. The fourth-order valence-corrected chi connectivity index (χ4v) is 4.04. The standard InChI is InChI=1S/C17H35N/c1-8-14(6)16-15(12(2)3)10-9-11-18-17(16,7)13(4)5/h12-16,18H,8-11H2,1-7H3. The van der Waals surface area contributed by atoms with Gasteiger partial charge in [-0.25, -0.2) is 0 Å². The van der Waals surface area contributed by atoms with Crippen molar-refractivity contribution < 1.29 is 0 Å². The number of hydrogen-bond acceptors (Lipinski definition) is 1. The van der Waals surface area contributed by atoms with Gasteiger partial charge in [0.05, 0.1) is 0 Å². The van der Waals surface area contributed by atoms with Crippen molar-refractivity contribution in [1.29, 1.82) is 0 Å². The van der Waals surface area contributed by atoms with Crippen LogP contribution >= 0.6 is 0 Å². The molecule has 0 aliphatic carbocycles. The summed E-state index contributed by atoms with van der Waals surface area (Å²) in [7, 11) is 0. The Kier molecular flexibility index (Phi) is 5.70. The van der Waals surface area contributed by atoms with Crippen LogP contribution in [0.3, 0.4) is 0 Å². The Labute approximate surface area is 115 Å². The average Bonchev–Trinajstić information content (AvgIpc) is 2.48. The van der Waals surface area contributed by atoms with Crippen molar-refractivity contribution >= 4 is 0 Å². The van der Waals surface area contributed by atoms with Gasteiger partial charge in [0.25, 0.3) is 0 Å². The van der Waals surface area contributed by atoms with Crippen molar-refractivity contribution in [2.24, 2.45) is 29.6 Å². The molecule has 1 heteroatoms. The van der Waals surface area contributed by atoms with Crippen LogP contribution < -0.4 is 5.32 Å². The minimum atomic E-state index is 0.306. The maximum Gasteiger partial charge on any atom is 0.0209 e. The monoisotopic (exact) mass is 253 g/mol. The van der Waals surface area contributed by atoms with Crippen LogP contribution in [0.4, 0.5) is 0 Å². The summed E-state index contributed by atoms with van der Waals surface area (Å²) >= 11 is 0. The first-order chi connectivity index (χ1) is 8.34. The highest BCUT2D eigenvalue weighted by Crippen LogP contribution is 2.44. The lowest BCUT2D eigenvalue weighted by molar-refractivity contribution is 0.0550. The van der Waals surface area contributed by atoms with Crippen molar-refractivity contribution in [2.45, 2.75) is 73.3 Å². The van der Waals surface area contributed by atoms with Gasteiger partial charge < -0.3 is 5.32 Å². The molecule has 0 aromatic carbocycles. The lowest BCUT2D eigenvalue weighted by Gasteiger charge is -2.48. The molecule has 0 bridgehead atoms. The highest BCUT2D eigenvalue weighted by molar-refractivity contribution is 5.00. The number of rotatable bonds is 4. The number of nitrogens with one attached hydrogen (secondary N) is 1. The summed E-state index contributed by atoms with van der Waals surface area (Å²) in [5.41, 5.74) is 0.306. The van der Waals surface area contributed by atoms with Crippen LogP contribution in [-0.2, 0) is 0 Å². The van der Waals surface area contributed by atoms with E-state index in [1.165, 1.54) is 25.8 Å². The van der Waals surface area contributed by atoms with Crippen molar-refractivity contribution in [3.63, 3.8) is 0 Å². The van der Waals surface area contributed by atoms with Crippen LogP contribution in [0, 0.1) is 29.6 Å². The van der Waals surface area contributed by atoms with Crippen LogP contribution in [0.25, 0.3) is 0 Å². The van der Waals surface area contributed by atoms with Gasteiger partial charge in [-0.3, -0.25) is 0 Å². The SMILES string of the molecule is CCC(C)C1C(C(C)C)CCCNC1(C)C(C)C. The van der Waals surface area contributed by atoms with Gasteiger partial charge >= 0.3 is 0 Å². The summed E-state index contributed by atoms with van der Waals surface area (Å²) < 4.78 is 0. The van der Waals surface area contributed by atoms with E-state index in [2.05, 4.69) is 53.8 Å². The lowest BCUT2D eigenvalue weighted by atomic mass is 9.62. The van der Waals surface area contributed by atoms with Gasteiger partial charge in [0.1, 0.15) is 0 Å². The molecule has 1 aliphatic heterocycles. The molecule has 0 saturated carbocycles. The van der Waals surface area contributed by atoms with Crippen LogP contribution in [0.1, 0.15) is 67.7 Å². The zero-order valence-corrected chi connectivity index (χ0v) is 13.7. The van der Waals surface area contributed by atoms with E-state index >= 15 is 0 Å². The lowest BCUT2D eigenvalue weighted by Crippen LogP contribution is -2.56. The molecule has 0 radical (unpaired) electrons. The second-order valence-electron chi connectivity index (χ2n) is 7.33. The van der Waals surface area contributed by atoms with Gasteiger partial charge in [-0.2, -0.15) is 0 Å². The largest absolute Gasteiger partial charge is 0.311 e. The molecule has 4 atom stereocenters.